The minimum atomic E-state index is -3.16. The molecule has 0 fully saturated rings. The molecule has 0 amide bonds. The van der Waals surface area contributed by atoms with Crippen LogP contribution >= 0.6 is 8.25 Å². The quantitative estimate of drug-likeness (QED) is 0.671. The molecule has 0 radical (unpaired) electrons. The van der Waals surface area contributed by atoms with Gasteiger partial charge in [-0.25, -0.2) is 4.39 Å². The van der Waals surface area contributed by atoms with Crippen LogP contribution in [-0.4, -0.2) is 17.3 Å². The maximum Gasteiger partial charge on any atom is 0.317 e. The van der Waals surface area contributed by atoms with Crippen molar-refractivity contribution in [2.45, 2.75) is 0 Å². The van der Waals surface area contributed by atoms with E-state index in [4.69, 9.17) is 9.31 Å². The summed E-state index contributed by atoms with van der Waals surface area (Å²) in [5.41, 5.74) is 0.137. The van der Waals surface area contributed by atoms with E-state index in [9.17, 15) is 13.8 Å². The molecule has 2 rings (SSSR count). The molecule has 1 atom stereocenters. The molecular weight excluding hydrogens is 250 g/mol. The van der Waals surface area contributed by atoms with E-state index in [1.54, 1.807) is 0 Å². The average molecular weight is 258 g/mol. The van der Waals surface area contributed by atoms with Gasteiger partial charge >= 0.3 is 8.25 Å². The average Bonchev–Trinajstić information content (AvgIpc) is 2.74. The Labute approximate surface area is 95.8 Å². The van der Waals surface area contributed by atoms with Crippen LogP contribution in [0.15, 0.2) is 28.9 Å². The van der Waals surface area contributed by atoms with Gasteiger partial charge < -0.3 is 13.8 Å². The van der Waals surface area contributed by atoms with E-state index in [1.165, 1.54) is 18.4 Å². The molecule has 0 bridgehead atoms. The third-order valence-corrected chi connectivity index (χ3v) is 2.55. The first kappa shape index (κ1) is 12.0. The molecule has 1 aromatic carbocycles. The number of ketones is 1. The van der Waals surface area contributed by atoms with Gasteiger partial charge in [0.25, 0.3) is 0 Å². The first-order valence-electron chi connectivity index (χ1n) is 4.63. The van der Waals surface area contributed by atoms with Crippen molar-refractivity contribution < 1.29 is 27.6 Å². The molecule has 90 valence electrons. The highest BCUT2D eigenvalue weighted by Crippen LogP contribution is 2.22. The zero-order valence-corrected chi connectivity index (χ0v) is 9.47. The van der Waals surface area contributed by atoms with Gasteiger partial charge in [0.1, 0.15) is 6.61 Å². The minimum Gasteiger partial charge on any atom is -0.461 e. The fraction of sp³-hybridized carbons (Fsp3) is 0.100. The summed E-state index contributed by atoms with van der Waals surface area (Å²) >= 11 is 0. The van der Waals surface area contributed by atoms with Gasteiger partial charge in [0.15, 0.2) is 17.2 Å². The summed E-state index contributed by atoms with van der Waals surface area (Å²) in [4.78, 5) is 19.9. The van der Waals surface area contributed by atoms with Crippen molar-refractivity contribution in [1.82, 2.24) is 0 Å². The van der Waals surface area contributed by atoms with Crippen LogP contribution in [0.1, 0.15) is 10.4 Å². The zero-order chi connectivity index (χ0) is 12.4. The second-order valence-corrected chi connectivity index (χ2v) is 4.10. The Hall–Kier alpha value is -1.49. The van der Waals surface area contributed by atoms with Gasteiger partial charge in [-0.2, -0.15) is 0 Å². The number of carbonyl (C=O) groups excluding carboxylic acids is 1. The van der Waals surface area contributed by atoms with E-state index in [0.717, 1.165) is 6.07 Å². The number of hydrogen-bond acceptors (Lipinski definition) is 4. The van der Waals surface area contributed by atoms with Crippen molar-refractivity contribution >= 4 is 25.0 Å². The molecule has 17 heavy (non-hydrogen) atoms. The topological polar surface area (TPSA) is 76.7 Å². The molecule has 0 aliphatic rings. The number of fused-ring (bicyclic) bond motifs is 1. The van der Waals surface area contributed by atoms with Gasteiger partial charge in [-0.1, -0.05) is 0 Å². The van der Waals surface area contributed by atoms with E-state index in [2.05, 4.69) is 4.52 Å². The molecule has 0 aliphatic heterocycles. The van der Waals surface area contributed by atoms with Gasteiger partial charge in [-0.3, -0.25) is 9.36 Å². The van der Waals surface area contributed by atoms with E-state index in [1.807, 2.05) is 0 Å². The first-order valence-corrected chi connectivity index (χ1v) is 5.90. The van der Waals surface area contributed by atoms with Gasteiger partial charge in [0.05, 0.1) is 6.26 Å². The number of hydrogen-bond donors (Lipinski definition) is 1. The van der Waals surface area contributed by atoms with Crippen molar-refractivity contribution in [3.8, 4) is 0 Å². The monoisotopic (exact) mass is 258 g/mol. The lowest BCUT2D eigenvalue weighted by Crippen LogP contribution is -2.06. The Morgan fingerprint density at radius 2 is 2.29 bits per heavy atom. The van der Waals surface area contributed by atoms with Crippen LogP contribution in [-0.2, 0) is 9.09 Å². The normalized spacial score (nSPS) is 12.8. The lowest BCUT2D eigenvalue weighted by molar-refractivity contribution is 0.0916. The third kappa shape index (κ3) is 2.61. The lowest BCUT2D eigenvalue weighted by Gasteiger charge is -2.01. The van der Waals surface area contributed by atoms with Crippen LogP contribution in [0.5, 0.6) is 0 Å². The fourth-order valence-corrected chi connectivity index (χ4v) is 1.66. The molecule has 0 saturated carbocycles. The van der Waals surface area contributed by atoms with Crippen molar-refractivity contribution in [1.29, 1.82) is 0 Å². The molecular formula is C10H8FO5P. The second kappa shape index (κ2) is 4.79. The summed E-state index contributed by atoms with van der Waals surface area (Å²) in [5, 5.41) is 0.449. The second-order valence-electron chi connectivity index (χ2n) is 3.27. The molecule has 1 unspecified atom stereocenters. The van der Waals surface area contributed by atoms with Gasteiger partial charge in [-0.15, -0.1) is 0 Å². The summed E-state index contributed by atoms with van der Waals surface area (Å²) in [6, 6.07) is 3.96. The maximum absolute atomic E-state index is 13.4. The Morgan fingerprint density at radius 1 is 1.53 bits per heavy atom. The maximum atomic E-state index is 13.4. The van der Waals surface area contributed by atoms with Crippen LogP contribution in [0.2, 0.25) is 0 Å². The molecule has 1 N–H and O–H groups in total. The molecule has 0 aliphatic carbocycles. The van der Waals surface area contributed by atoms with Crippen LogP contribution < -0.4 is 0 Å². The standard InChI is InChI=1S/C10H8FO5P/c11-8-4-7(9(12)5-16-17(13)14)3-6-1-2-15-10(6)8/h1-4,17H,5H2,(H,13,14). The summed E-state index contributed by atoms with van der Waals surface area (Å²) < 4.78 is 32.9. The van der Waals surface area contributed by atoms with Gasteiger partial charge in [0, 0.05) is 10.9 Å². The number of rotatable bonds is 4. The number of carbonyl (C=O) groups is 1. The van der Waals surface area contributed by atoms with Crippen LogP contribution in [0.4, 0.5) is 4.39 Å². The number of benzene rings is 1. The largest absolute Gasteiger partial charge is 0.461 e. The highest BCUT2D eigenvalue weighted by Gasteiger charge is 2.13. The highest BCUT2D eigenvalue weighted by atomic mass is 31.1. The van der Waals surface area contributed by atoms with Crippen molar-refractivity contribution in [3.63, 3.8) is 0 Å². The fourth-order valence-electron chi connectivity index (χ4n) is 1.41. The number of halogens is 1. The SMILES string of the molecule is O=C(CO[PH](=O)O)c1cc(F)c2occc2c1. The van der Waals surface area contributed by atoms with Crippen LogP contribution in [0, 0.1) is 5.82 Å². The molecule has 1 heterocycles. The predicted octanol–water partition coefficient (Wildman–Crippen LogP) is 2.15. The number of Topliss-reactive ketones (excluding diaryl/α,β-unsaturated/α-hetero) is 1. The molecule has 0 saturated heterocycles. The summed E-state index contributed by atoms with van der Waals surface area (Å²) in [7, 11) is -3.16. The Kier molecular flexibility index (Phi) is 3.38. The molecule has 5 nitrogen and oxygen atoms in total. The zero-order valence-electron chi connectivity index (χ0n) is 8.47. The molecule has 1 aromatic heterocycles. The highest BCUT2D eigenvalue weighted by molar-refractivity contribution is 7.32. The van der Waals surface area contributed by atoms with E-state index in [0.29, 0.717) is 5.39 Å². The first-order chi connectivity index (χ1) is 8.08. The van der Waals surface area contributed by atoms with E-state index >= 15 is 0 Å². The summed E-state index contributed by atoms with van der Waals surface area (Å²) in [6.45, 7) is -0.558. The van der Waals surface area contributed by atoms with Crippen molar-refractivity contribution in [2.24, 2.45) is 0 Å². The predicted molar refractivity (Wildman–Crippen MR) is 57.7 cm³/mol. The van der Waals surface area contributed by atoms with Crippen LogP contribution in [0.25, 0.3) is 11.0 Å². The number of furan rings is 1. The van der Waals surface area contributed by atoms with Crippen molar-refractivity contribution in [3.05, 3.63) is 35.8 Å². The summed E-state index contributed by atoms with van der Waals surface area (Å²) in [5.74, 6) is -1.23. The smallest absolute Gasteiger partial charge is 0.317 e. The molecule has 0 spiro atoms. The molecule has 2 aromatic rings. The Balaban J connectivity index is 2.29. The van der Waals surface area contributed by atoms with Crippen molar-refractivity contribution in [2.75, 3.05) is 6.61 Å². The van der Waals surface area contributed by atoms with Gasteiger partial charge in [-0.05, 0) is 18.2 Å². The van der Waals surface area contributed by atoms with Gasteiger partial charge in [0.2, 0.25) is 0 Å². The Morgan fingerprint density at radius 3 is 3.00 bits per heavy atom. The van der Waals surface area contributed by atoms with E-state index in [-0.39, 0.29) is 11.1 Å². The minimum absolute atomic E-state index is 0.0678. The Bertz CT molecular complexity index is 591. The third-order valence-electron chi connectivity index (χ3n) is 2.15. The summed E-state index contributed by atoms with van der Waals surface area (Å²) in [6.07, 6.45) is 1.31. The molecule has 7 heteroatoms. The van der Waals surface area contributed by atoms with E-state index < -0.39 is 26.5 Å². The lowest BCUT2D eigenvalue weighted by atomic mass is 10.1. The van der Waals surface area contributed by atoms with Crippen LogP contribution in [0.3, 0.4) is 0 Å².